The molecular formula is C17H26FN3OS. The standard InChI is InChI=1S/C17H26FN3OS/c1-3-22-13-14-8-10-21(12-14)17(19-2)20-9-11-23-16-7-5-4-6-15(16)18/h4-7,14H,3,8-13H2,1-2H3,(H,19,20). The third-order valence-electron chi connectivity index (χ3n) is 3.83. The average Bonchev–Trinajstić information content (AvgIpc) is 3.03. The lowest BCUT2D eigenvalue weighted by molar-refractivity contribution is 0.114. The number of likely N-dealkylation sites (tertiary alicyclic amines) is 1. The van der Waals surface area contributed by atoms with E-state index in [-0.39, 0.29) is 5.82 Å². The molecule has 2 rings (SSSR count). The van der Waals surface area contributed by atoms with Crippen molar-refractivity contribution in [1.82, 2.24) is 10.2 Å². The van der Waals surface area contributed by atoms with Crippen molar-refractivity contribution in [2.45, 2.75) is 18.2 Å². The van der Waals surface area contributed by atoms with E-state index in [0.29, 0.717) is 10.8 Å². The molecule has 1 atom stereocenters. The Morgan fingerprint density at radius 2 is 2.30 bits per heavy atom. The largest absolute Gasteiger partial charge is 0.381 e. The van der Waals surface area contributed by atoms with E-state index >= 15 is 0 Å². The first-order valence-corrected chi connectivity index (χ1v) is 9.13. The van der Waals surface area contributed by atoms with Crippen LogP contribution in [-0.2, 0) is 4.74 Å². The van der Waals surface area contributed by atoms with Gasteiger partial charge in [0.25, 0.3) is 0 Å². The number of hydrogen-bond donors (Lipinski definition) is 1. The number of halogens is 1. The summed E-state index contributed by atoms with van der Waals surface area (Å²) in [6.45, 7) is 6.39. The van der Waals surface area contributed by atoms with Crippen molar-refractivity contribution in [2.24, 2.45) is 10.9 Å². The molecule has 0 aromatic heterocycles. The lowest BCUT2D eigenvalue weighted by Gasteiger charge is -2.21. The number of nitrogens with zero attached hydrogens (tertiary/aromatic N) is 2. The number of benzene rings is 1. The Morgan fingerprint density at radius 3 is 3.04 bits per heavy atom. The van der Waals surface area contributed by atoms with Crippen molar-refractivity contribution in [3.05, 3.63) is 30.1 Å². The van der Waals surface area contributed by atoms with Crippen LogP contribution in [0, 0.1) is 11.7 Å². The molecule has 1 aliphatic rings. The lowest BCUT2D eigenvalue weighted by atomic mass is 10.1. The van der Waals surface area contributed by atoms with Crippen molar-refractivity contribution in [1.29, 1.82) is 0 Å². The van der Waals surface area contributed by atoms with Crippen LogP contribution in [0.15, 0.2) is 34.2 Å². The normalized spacial score (nSPS) is 18.5. The summed E-state index contributed by atoms with van der Waals surface area (Å²) in [5, 5.41) is 3.37. The van der Waals surface area contributed by atoms with Gasteiger partial charge in [-0.05, 0) is 25.5 Å². The van der Waals surface area contributed by atoms with Crippen LogP contribution in [0.2, 0.25) is 0 Å². The Balaban J connectivity index is 1.70. The van der Waals surface area contributed by atoms with Gasteiger partial charge in [-0.15, -0.1) is 11.8 Å². The molecule has 1 aromatic rings. The molecule has 0 bridgehead atoms. The third-order valence-corrected chi connectivity index (χ3v) is 4.88. The van der Waals surface area contributed by atoms with E-state index in [1.807, 2.05) is 26.1 Å². The minimum absolute atomic E-state index is 0.153. The fraction of sp³-hybridized carbons (Fsp3) is 0.588. The van der Waals surface area contributed by atoms with Gasteiger partial charge in [0.05, 0.1) is 6.61 Å². The molecule has 1 aliphatic heterocycles. The molecule has 1 saturated heterocycles. The molecule has 0 aliphatic carbocycles. The molecule has 0 saturated carbocycles. The topological polar surface area (TPSA) is 36.9 Å². The molecular weight excluding hydrogens is 313 g/mol. The summed E-state index contributed by atoms with van der Waals surface area (Å²) in [5.74, 6) is 2.16. The third kappa shape index (κ3) is 5.70. The zero-order chi connectivity index (χ0) is 16.5. The highest BCUT2D eigenvalue weighted by Gasteiger charge is 2.24. The van der Waals surface area contributed by atoms with Crippen LogP contribution >= 0.6 is 11.8 Å². The Labute approximate surface area is 142 Å². The van der Waals surface area contributed by atoms with Crippen molar-refractivity contribution < 1.29 is 9.13 Å². The summed E-state index contributed by atoms with van der Waals surface area (Å²) >= 11 is 1.52. The predicted molar refractivity (Wildman–Crippen MR) is 94.7 cm³/mol. The number of guanidine groups is 1. The van der Waals surface area contributed by atoms with E-state index in [1.165, 1.54) is 17.8 Å². The molecule has 1 N–H and O–H groups in total. The van der Waals surface area contributed by atoms with Gasteiger partial charge in [-0.3, -0.25) is 4.99 Å². The van der Waals surface area contributed by atoms with E-state index in [9.17, 15) is 4.39 Å². The van der Waals surface area contributed by atoms with Gasteiger partial charge in [-0.2, -0.15) is 0 Å². The molecule has 0 amide bonds. The van der Waals surface area contributed by atoms with Gasteiger partial charge in [0, 0.05) is 49.9 Å². The predicted octanol–water partition coefficient (Wildman–Crippen LogP) is 2.85. The zero-order valence-corrected chi connectivity index (χ0v) is 14.7. The summed E-state index contributed by atoms with van der Waals surface area (Å²) in [6.07, 6.45) is 1.14. The summed E-state index contributed by atoms with van der Waals surface area (Å²) in [4.78, 5) is 7.33. The van der Waals surface area contributed by atoms with Crippen molar-refractivity contribution >= 4 is 17.7 Å². The first-order chi connectivity index (χ1) is 11.2. The molecule has 4 nitrogen and oxygen atoms in total. The maximum absolute atomic E-state index is 13.5. The first kappa shape index (κ1) is 18.1. The van der Waals surface area contributed by atoms with Gasteiger partial charge in [-0.25, -0.2) is 4.39 Å². The second-order valence-corrected chi connectivity index (χ2v) is 6.65. The number of nitrogens with one attached hydrogen (secondary N) is 1. The van der Waals surface area contributed by atoms with E-state index in [2.05, 4.69) is 15.2 Å². The van der Waals surface area contributed by atoms with E-state index < -0.39 is 0 Å². The first-order valence-electron chi connectivity index (χ1n) is 8.15. The Kier molecular flexibility index (Phi) is 7.68. The highest BCUT2D eigenvalue weighted by atomic mass is 32.2. The van der Waals surface area contributed by atoms with Gasteiger partial charge >= 0.3 is 0 Å². The molecule has 1 heterocycles. The minimum Gasteiger partial charge on any atom is -0.381 e. The summed E-state index contributed by atoms with van der Waals surface area (Å²) in [5.41, 5.74) is 0. The smallest absolute Gasteiger partial charge is 0.193 e. The molecule has 1 aromatic carbocycles. The van der Waals surface area contributed by atoms with Crippen LogP contribution in [-0.4, -0.2) is 56.5 Å². The second kappa shape index (κ2) is 9.78. The average molecular weight is 339 g/mol. The number of ether oxygens (including phenoxy) is 1. The number of rotatable bonds is 7. The molecule has 1 unspecified atom stereocenters. The van der Waals surface area contributed by atoms with Crippen molar-refractivity contribution in [3.8, 4) is 0 Å². The second-order valence-electron chi connectivity index (χ2n) is 5.51. The number of thioether (sulfide) groups is 1. The van der Waals surface area contributed by atoms with Crippen LogP contribution in [0.5, 0.6) is 0 Å². The highest BCUT2D eigenvalue weighted by Crippen LogP contribution is 2.20. The quantitative estimate of drug-likeness (QED) is 0.359. The number of hydrogen-bond acceptors (Lipinski definition) is 3. The Bertz CT molecular complexity index is 512. The van der Waals surface area contributed by atoms with Crippen LogP contribution in [0.25, 0.3) is 0 Å². The van der Waals surface area contributed by atoms with Gasteiger partial charge in [0.1, 0.15) is 5.82 Å². The van der Waals surface area contributed by atoms with Gasteiger partial charge < -0.3 is 15.0 Å². The van der Waals surface area contributed by atoms with Crippen LogP contribution < -0.4 is 5.32 Å². The van der Waals surface area contributed by atoms with Crippen molar-refractivity contribution in [2.75, 3.05) is 45.6 Å². The van der Waals surface area contributed by atoms with E-state index in [0.717, 1.165) is 51.0 Å². The highest BCUT2D eigenvalue weighted by molar-refractivity contribution is 7.99. The van der Waals surface area contributed by atoms with Gasteiger partial charge in [0.2, 0.25) is 0 Å². The number of aliphatic imine (C=N–C) groups is 1. The van der Waals surface area contributed by atoms with Crippen molar-refractivity contribution in [3.63, 3.8) is 0 Å². The maximum Gasteiger partial charge on any atom is 0.193 e. The van der Waals surface area contributed by atoms with E-state index in [1.54, 1.807) is 6.07 Å². The molecule has 1 fully saturated rings. The van der Waals surface area contributed by atoms with Crippen LogP contribution in [0.3, 0.4) is 0 Å². The lowest BCUT2D eigenvalue weighted by Crippen LogP contribution is -2.41. The molecule has 128 valence electrons. The van der Waals surface area contributed by atoms with Gasteiger partial charge in [-0.1, -0.05) is 12.1 Å². The molecule has 6 heteroatoms. The van der Waals surface area contributed by atoms with Crippen LogP contribution in [0.4, 0.5) is 4.39 Å². The molecule has 0 spiro atoms. The Hall–Kier alpha value is -1.27. The summed E-state index contributed by atoms with van der Waals surface area (Å²) < 4.78 is 19.1. The van der Waals surface area contributed by atoms with Gasteiger partial charge in [0.15, 0.2) is 5.96 Å². The fourth-order valence-corrected chi connectivity index (χ4v) is 3.47. The molecule has 23 heavy (non-hydrogen) atoms. The fourth-order valence-electron chi connectivity index (χ4n) is 2.66. The SMILES string of the molecule is CCOCC1CCN(C(=NC)NCCSc2ccccc2F)C1. The monoisotopic (exact) mass is 339 g/mol. The zero-order valence-electron chi connectivity index (χ0n) is 13.9. The van der Waals surface area contributed by atoms with E-state index in [4.69, 9.17) is 4.74 Å². The Morgan fingerprint density at radius 1 is 1.48 bits per heavy atom. The summed E-state index contributed by atoms with van der Waals surface area (Å²) in [6, 6.07) is 6.89. The minimum atomic E-state index is -0.153. The molecule has 0 radical (unpaired) electrons. The van der Waals surface area contributed by atoms with Crippen LogP contribution in [0.1, 0.15) is 13.3 Å². The maximum atomic E-state index is 13.5. The summed E-state index contributed by atoms with van der Waals surface area (Å²) in [7, 11) is 1.81.